The van der Waals surface area contributed by atoms with Gasteiger partial charge < -0.3 is 10.5 Å². The molecular weight excluding hydrogens is 193 g/mol. The first-order valence-electron chi connectivity index (χ1n) is 5.14. The maximum Gasteiger partial charge on any atom is 0.123 e. The Bertz CT molecular complexity index is 323. The van der Waals surface area contributed by atoms with Crippen molar-refractivity contribution in [3.05, 3.63) is 35.1 Å². The summed E-state index contributed by atoms with van der Waals surface area (Å²) in [5.41, 5.74) is 7.86. The van der Waals surface area contributed by atoms with E-state index in [4.69, 9.17) is 10.5 Å². The molecule has 1 aromatic carbocycles. The Morgan fingerprint density at radius 2 is 2.13 bits per heavy atom. The fraction of sp³-hybridized carbons (Fsp3) is 0.500. The predicted octanol–water partition coefficient (Wildman–Crippen LogP) is 2.56. The third-order valence-electron chi connectivity index (χ3n) is 2.71. The van der Waals surface area contributed by atoms with Crippen LogP contribution in [0.25, 0.3) is 0 Å². The van der Waals surface area contributed by atoms with Gasteiger partial charge in [-0.25, -0.2) is 4.39 Å². The number of ether oxygens (including phenoxy) is 1. The van der Waals surface area contributed by atoms with Gasteiger partial charge in [-0.3, -0.25) is 0 Å². The lowest BCUT2D eigenvalue weighted by Crippen LogP contribution is -2.28. The number of benzene rings is 1. The molecule has 0 amide bonds. The van der Waals surface area contributed by atoms with E-state index >= 15 is 0 Å². The van der Waals surface area contributed by atoms with Gasteiger partial charge in [0.2, 0.25) is 0 Å². The average molecular weight is 211 g/mol. The molecule has 15 heavy (non-hydrogen) atoms. The van der Waals surface area contributed by atoms with Crippen molar-refractivity contribution in [1.29, 1.82) is 0 Å². The van der Waals surface area contributed by atoms with Gasteiger partial charge in [0.15, 0.2) is 0 Å². The highest BCUT2D eigenvalue weighted by molar-refractivity contribution is 5.30. The lowest BCUT2D eigenvalue weighted by Gasteiger charge is -2.23. The largest absolute Gasteiger partial charge is 0.379 e. The van der Waals surface area contributed by atoms with E-state index in [0.29, 0.717) is 0 Å². The Labute approximate surface area is 90.2 Å². The smallest absolute Gasteiger partial charge is 0.123 e. The lowest BCUT2D eigenvalue weighted by molar-refractivity contribution is 0.0769. The van der Waals surface area contributed by atoms with E-state index in [1.165, 1.54) is 12.1 Å². The molecule has 0 radical (unpaired) electrons. The van der Waals surface area contributed by atoms with Crippen molar-refractivity contribution >= 4 is 0 Å². The van der Waals surface area contributed by atoms with Gasteiger partial charge in [0, 0.05) is 7.11 Å². The van der Waals surface area contributed by atoms with Gasteiger partial charge >= 0.3 is 0 Å². The minimum Gasteiger partial charge on any atom is -0.379 e. The number of hydrogen-bond acceptors (Lipinski definition) is 2. The quantitative estimate of drug-likeness (QED) is 0.830. The van der Waals surface area contributed by atoms with Gasteiger partial charge in [-0.15, -0.1) is 0 Å². The molecule has 1 rings (SSSR count). The zero-order valence-corrected chi connectivity index (χ0v) is 9.46. The van der Waals surface area contributed by atoms with Gasteiger partial charge in [0.25, 0.3) is 0 Å². The van der Waals surface area contributed by atoms with Crippen LogP contribution in [0.3, 0.4) is 0 Å². The summed E-state index contributed by atoms with van der Waals surface area (Å²) >= 11 is 0. The number of halogens is 1. The fourth-order valence-electron chi connectivity index (χ4n) is 1.74. The Hall–Kier alpha value is -0.930. The molecule has 0 aliphatic carbocycles. The Morgan fingerprint density at radius 1 is 1.47 bits per heavy atom. The van der Waals surface area contributed by atoms with Gasteiger partial charge in [-0.1, -0.05) is 13.0 Å². The number of methoxy groups -OCH3 is 1. The summed E-state index contributed by atoms with van der Waals surface area (Å²) in [5.74, 6) is -0.253. The van der Waals surface area contributed by atoms with Crippen LogP contribution in [0.1, 0.15) is 30.5 Å². The zero-order valence-electron chi connectivity index (χ0n) is 9.46. The highest BCUT2D eigenvalue weighted by Gasteiger charge is 2.19. The SMILES string of the molecule is CCC(OC)C(N)c1cc(F)ccc1C. The second kappa shape index (κ2) is 5.24. The van der Waals surface area contributed by atoms with Crippen LogP contribution < -0.4 is 5.73 Å². The first-order valence-corrected chi connectivity index (χ1v) is 5.14. The second-order valence-corrected chi connectivity index (χ2v) is 3.71. The summed E-state index contributed by atoms with van der Waals surface area (Å²) in [4.78, 5) is 0. The Balaban J connectivity index is 2.98. The summed E-state index contributed by atoms with van der Waals surface area (Å²) in [5, 5.41) is 0. The van der Waals surface area contributed by atoms with Crippen molar-refractivity contribution < 1.29 is 9.13 Å². The molecule has 1 aromatic rings. The normalized spacial score (nSPS) is 15.0. The van der Waals surface area contributed by atoms with Crippen LogP contribution in [0, 0.1) is 12.7 Å². The molecule has 3 heteroatoms. The molecule has 0 aliphatic rings. The molecule has 2 unspecified atom stereocenters. The molecule has 2 nitrogen and oxygen atoms in total. The Kier molecular flexibility index (Phi) is 4.24. The van der Waals surface area contributed by atoms with Crippen LogP contribution in [0.5, 0.6) is 0 Å². The van der Waals surface area contributed by atoms with E-state index < -0.39 is 0 Å². The molecule has 0 aromatic heterocycles. The number of rotatable bonds is 4. The van der Waals surface area contributed by atoms with Crippen molar-refractivity contribution in [1.82, 2.24) is 0 Å². The molecule has 0 spiro atoms. The van der Waals surface area contributed by atoms with E-state index in [0.717, 1.165) is 17.5 Å². The fourth-order valence-corrected chi connectivity index (χ4v) is 1.74. The van der Waals surface area contributed by atoms with E-state index in [1.807, 2.05) is 13.8 Å². The molecule has 0 heterocycles. The van der Waals surface area contributed by atoms with E-state index in [1.54, 1.807) is 13.2 Å². The zero-order chi connectivity index (χ0) is 11.4. The van der Waals surface area contributed by atoms with Gasteiger partial charge in [-0.05, 0) is 36.6 Å². The monoisotopic (exact) mass is 211 g/mol. The average Bonchev–Trinajstić information content (AvgIpc) is 2.23. The lowest BCUT2D eigenvalue weighted by atomic mass is 9.96. The summed E-state index contributed by atoms with van der Waals surface area (Å²) in [6, 6.07) is 4.41. The second-order valence-electron chi connectivity index (χ2n) is 3.71. The van der Waals surface area contributed by atoms with Gasteiger partial charge in [0.05, 0.1) is 12.1 Å². The third-order valence-corrected chi connectivity index (χ3v) is 2.71. The highest BCUT2D eigenvalue weighted by atomic mass is 19.1. The van der Waals surface area contributed by atoms with Gasteiger partial charge in [0.1, 0.15) is 5.82 Å². The molecule has 0 bridgehead atoms. The molecule has 0 fully saturated rings. The number of aryl methyl sites for hydroxylation is 1. The van der Waals surface area contributed by atoms with Crippen molar-refractivity contribution in [3.8, 4) is 0 Å². The van der Waals surface area contributed by atoms with Crippen molar-refractivity contribution in [2.75, 3.05) is 7.11 Å². The van der Waals surface area contributed by atoms with E-state index in [9.17, 15) is 4.39 Å². The first kappa shape index (κ1) is 12.1. The predicted molar refractivity (Wildman–Crippen MR) is 59.2 cm³/mol. The minimum atomic E-state index is -0.268. The third kappa shape index (κ3) is 2.76. The van der Waals surface area contributed by atoms with E-state index in [2.05, 4.69) is 0 Å². The maximum atomic E-state index is 13.1. The molecule has 0 aliphatic heterocycles. The van der Waals surface area contributed by atoms with Gasteiger partial charge in [-0.2, -0.15) is 0 Å². The maximum absolute atomic E-state index is 13.1. The summed E-state index contributed by atoms with van der Waals surface area (Å²) in [6.07, 6.45) is 0.749. The van der Waals surface area contributed by atoms with Crippen LogP contribution in [-0.2, 0) is 4.74 Å². The van der Waals surface area contributed by atoms with Crippen LogP contribution in [0.4, 0.5) is 4.39 Å². The van der Waals surface area contributed by atoms with Crippen LogP contribution in [-0.4, -0.2) is 13.2 Å². The standard InChI is InChI=1S/C12H18FNO/c1-4-11(15-3)12(14)10-7-9(13)6-5-8(10)2/h5-7,11-12H,4,14H2,1-3H3. The van der Waals surface area contributed by atoms with Crippen molar-refractivity contribution in [3.63, 3.8) is 0 Å². The van der Waals surface area contributed by atoms with Crippen LogP contribution in [0.2, 0.25) is 0 Å². The van der Waals surface area contributed by atoms with Crippen LogP contribution in [0.15, 0.2) is 18.2 Å². The van der Waals surface area contributed by atoms with Crippen molar-refractivity contribution in [2.45, 2.75) is 32.4 Å². The topological polar surface area (TPSA) is 35.2 Å². The van der Waals surface area contributed by atoms with Crippen LogP contribution >= 0.6 is 0 Å². The number of nitrogens with two attached hydrogens (primary N) is 1. The summed E-state index contributed by atoms with van der Waals surface area (Å²) in [6.45, 7) is 3.93. The highest BCUT2D eigenvalue weighted by Crippen LogP contribution is 2.22. The van der Waals surface area contributed by atoms with Crippen molar-refractivity contribution in [2.24, 2.45) is 5.73 Å². The molecule has 2 N–H and O–H groups in total. The molecule has 0 saturated carbocycles. The molecule has 0 saturated heterocycles. The summed E-state index contributed by atoms with van der Waals surface area (Å²) < 4.78 is 18.3. The number of hydrogen-bond donors (Lipinski definition) is 1. The molecule has 2 atom stereocenters. The minimum absolute atomic E-state index is 0.0644. The Morgan fingerprint density at radius 3 is 2.67 bits per heavy atom. The molecule has 84 valence electrons. The molecular formula is C12H18FNO. The van der Waals surface area contributed by atoms with E-state index in [-0.39, 0.29) is 18.0 Å². The summed E-state index contributed by atoms with van der Waals surface area (Å²) in [7, 11) is 1.63. The first-order chi connectivity index (χ1) is 7.10.